The van der Waals surface area contributed by atoms with Crippen LogP contribution in [0.3, 0.4) is 0 Å². The van der Waals surface area contributed by atoms with Gasteiger partial charge in [-0.3, -0.25) is 9.79 Å². The first-order valence-corrected chi connectivity index (χ1v) is 7.21. The fraction of sp³-hybridized carbons (Fsp3) is 0.438. The third kappa shape index (κ3) is 4.41. The van der Waals surface area contributed by atoms with Crippen molar-refractivity contribution in [2.75, 3.05) is 19.0 Å². The second kappa shape index (κ2) is 8.19. The molecular weight excluding hydrogens is 266 g/mol. The molecule has 0 saturated carbocycles. The third-order valence-electron chi connectivity index (χ3n) is 2.95. The molecule has 1 aromatic heterocycles. The van der Waals surface area contributed by atoms with Crippen molar-refractivity contribution >= 4 is 17.4 Å². The Morgan fingerprint density at radius 3 is 2.86 bits per heavy atom. The summed E-state index contributed by atoms with van der Waals surface area (Å²) >= 11 is 0. The van der Waals surface area contributed by atoms with E-state index < -0.39 is 0 Å². The van der Waals surface area contributed by atoms with Crippen LogP contribution in [0, 0.1) is 0 Å². The van der Waals surface area contributed by atoms with Crippen LogP contribution in [0.1, 0.15) is 39.7 Å². The number of amides is 1. The second-order valence-corrected chi connectivity index (χ2v) is 4.36. The molecule has 0 aromatic carbocycles. The number of fused-ring (bicyclic) bond motifs is 1. The number of hydrogen-bond acceptors (Lipinski definition) is 4. The third-order valence-corrected chi connectivity index (χ3v) is 2.95. The molecule has 0 saturated heterocycles. The van der Waals surface area contributed by atoms with Crippen LogP contribution < -0.4 is 10.1 Å². The standard InChI is InChI=1S/C14H17N3O2.C2H6/c1-4-9(2)5-11(15-3)10-6-12-14(16-7-10)17-13(18)8-19-12;1-2/h5-7H,4,8H2,1-3H3,(H,16,17,18);1-2H3/b9-5-,15-11?;. The highest BCUT2D eigenvalue weighted by atomic mass is 16.5. The van der Waals surface area contributed by atoms with Crippen LogP contribution in [-0.2, 0) is 4.79 Å². The molecule has 5 nitrogen and oxygen atoms in total. The van der Waals surface area contributed by atoms with E-state index in [4.69, 9.17) is 4.74 Å². The first-order chi connectivity index (χ1) is 10.1. The largest absolute Gasteiger partial charge is 0.480 e. The zero-order valence-corrected chi connectivity index (χ0v) is 13.4. The van der Waals surface area contributed by atoms with E-state index >= 15 is 0 Å². The molecule has 2 rings (SSSR count). The molecule has 1 N–H and O–H groups in total. The highest BCUT2D eigenvalue weighted by molar-refractivity contribution is 6.09. The molecule has 0 spiro atoms. The molecule has 0 unspecified atom stereocenters. The number of carbonyl (C=O) groups is 1. The number of carbonyl (C=O) groups excluding carboxylic acids is 1. The Morgan fingerprint density at radius 1 is 1.52 bits per heavy atom. The summed E-state index contributed by atoms with van der Waals surface area (Å²) in [6, 6.07) is 1.85. The average Bonchev–Trinajstić information content (AvgIpc) is 2.53. The van der Waals surface area contributed by atoms with Crippen LogP contribution in [-0.4, -0.2) is 30.3 Å². The van der Waals surface area contributed by atoms with E-state index in [1.165, 1.54) is 5.57 Å². The van der Waals surface area contributed by atoms with Crippen molar-refractivity contribution in [1.82, 2.24) is 4.98 Å². The Balaban J connectivity index is 0.00000106. The lowest BCUT2D eigenvalue weighted by Gasteiger charge is -2.17. The number of aliphatic imine (C=N–C) groups is 1. The molecule has 114 valence electrons. The summed E-state index contributed by atoms with van der Waals surface area (Å²) in [7, 11) is 1.75. The van der Waals surface area contributed by atoms with Crippen molar-refractivity contribution in [1.29, 1.82) is 0 Å². The SMILES string of the molecule is CC.CC/C(C)=C\C(=NC)c1cnc2c(c1)OCC(=O)N2. The fourth-order valence-corrected chi connectivity index (χ4v) is 1.71. The van der Waals surface area contributed by atoms with Crippen molar-refractivity contribution in [2.45, 2.75) is 34.1 Å². The lowest BCUT2D eigenvalue weighted by Crippen LogP contribution is -2.26. The van der Waals surface area contributed by atoms with Crippen molar-refractivity contribution in [3.05, 3.63) is 29.5 Å². The monoisotopic (exact) mass is 289 g/mol. The van der Waals surface area contributed by atoms with E-state index in [9.17, 15) is 4.79 Å². The molecule has 0 atom stereocenters. The predicted octanol–water partition coefficient (Wildman–Crippen LogP) is 3.21. The van der Waals surface area contributed by atoms with E-state index in [1.807, 2.05) is 26.0 Å². The summed E-state index contributed by atoms with van der Waals surface area (Å²) in [5.74, 6) is 0.867. The highest BCUT2D eigenvalue weighted by Gasteiger charge is 2.18. The molecule has 0 bridgehead atoms. The van der Waals surface area contributed by atoms with Gasteiger partial charge in [0.05, 0.1) is 5.71 Å². The van der Waals surface area contributed by atoms with Gasteiger partial charge in [-0.15, -0.1) is 0 Å². The molecule has 1 aliphatic rings. The van der Waals surface area contributed by atoms with Crippen molar-refractivity contribution in [3.63, 3.8) is 0 Å². The number of rotatable bonds is 3. The molecular formula is C16H23N3O2. The van der Waals surface area contributed by atoms with Gasteiger partial charge in [-0.1, -0.05) is 26.3 Å². The van der Waals surface area contributed by atoms with Gasteiger partial charge in [0.2, 0.25) is 0 Å². The van der Waals surface area contributed by atoms with Crippen LogP contribution in [0.25, 0.3) is 0 Å². The number of nitrogens with zero attached hydrogens (tertiary/aromatic N) is 2. The molecule has 1 aliphatic heterocycles. The molecule has 0 radical (unpaired) electrons. The lowest BCUT2D eigenvalue weighted by atomic mass is 10.1. The molecule has 5 heteroatoms. The summed E-state index contributed by atoms with van der Waals surface area (Å²) in [6.45, 7) is 8.19. The molecule has 0 aliphatic carbocycles. The van der Waals surface area contributed by atoms with Gasteiger partial charge in [0.15, 0.2) is 18.2 Å². The zero-order chi connectivity index (χ0) is 15.8. The normalized spacial score (nSPS) is 14.4. The maximum Gasteiger partial charge on any atom is 0.263 e. The highest BCUT2D eigenvalue weighted by Crippen LogP contribution is 2.26. The number of pyridine rings is 1. The van der Waals surface area contributed by atoms with Crippen LogP contribution in [0.5, 0.6) is 5.75 Å². The average molecular weight is 289 g/mol. The Morgan fingerprint density at radius 2 is 2.24 bits per heavy atom. The van der Waals surface area contributed by atoms with Crippen molar-refractivity contribution < 1.29 is 9.53 Å². The summed E-state index contributed by atoms with van der Waals surface area (Å²) in [5, 5.41) is 2.67. The number of nitrogens with one attached hydrogen (secondary N) is 1. The minimum atomic E-state index is -0.182. The number of anilines is 1. The molecule has 21 heavy (non-hydrogen) atoms. The minimum absolute atomic E-state index is 0.0283. The zero-order valence-electron chi connectivity index (χ0n) is 13.4. The van der Waals surface area contributed by atoms with Crippen LogP contribution in [0.2, 0.25) is 0 Å². The summed E-state index contributed by atoms with van der Waals surface area (Å²) in [5.41, 5.74) is 2.98. The lowest BCUT2D eigenvalue weighted by molar-refractivity contribution is -0.118. The quantitative estimate of drug-likeness (QED) is 0.869. The van der Waals surface area contributed by atoms with Crippen molar-refractivity contribution in [2.24, 2.45) is 4.99 Å². The summed E-state index contributed by atoms with van der Waals surface area (Å²) in [6.07, 6.45) is 4.70. The van der Waals surface area contributed by atoms with Gasteiger partial charge in [0.1, 0.15) is 0 Å². The topological polar surface area (TPSA) is 63.6 Å². The fourth-order valence-electron chi connectivity index (χ4n) is 1.71. The number of allylic oxidation sites excluding steroid dienone is 2. The molecule has 1 aromatic rings. The van der Waals surface area contributed by atoms with Crippen molar-refractivity contribution in [3.8, 4) is 5.75 Å². The van der Waals surface area contributed by atoms with Crippen LogP contribution in [0.15, 0.2) is 28.9 Å². The van der Waals surface area contributed by atoms with Gasteiger partial charge in [-0.25, -0.2) is 4.98 Å². The Hall–Kier alpha value is -2.17. The van der Waals surface area contributed by atoms with Gasteiger partial charge >= 0.3 is 0 Å². The van der Waals surface area contributed by atoms with Crippen LogP contribution in [0.4, 0.5) is 5.82 Å². The van der Waals surface area contributed by atoms with Gasteiger partial charge in [-0.2, -0.15) is 0 Å². The summed E-state index contributed by atoms with van der Waals surface area (Å²) in [4.78, 5) is 19.6. The van der Waals surface area contributed by atoms with Gasteiger partial charge in [0.25, 0.3) is 5.91 Å². The van der Waals surface area contributed by atoms with Crippen LogP contribution >= 0.6 is 0 Å². The first-order valence-electron chi connectivity index (χ1n) is 7.21. The Kier molecular flexibility index (Phi) is 6.59. The van der Waals surface area contributed by atoms with E-state index in [0.29, 0.717) is 11.6 Å². The number of aromatic nitrogens is 1. The second-order valence-electron chi connectivity index (χ2n) is 4.36. The van der Waals surface area contributed by atoms with E-state index in [2.05, 4.69) is 29.1 Å². The van der Waals surface area contributed by atoms with Gasteiger partial charge in [0, 0.05) is 18.8 Å². The first kappa shape index (κ1) is 16.9. The maximum atomic E-state index is 11.2. The van der Waals surface area contributed by atoms with Gasteiger partial charge in [-0.05, 0) is 25.5 Å². The maximum absolute atomic E-state index is 11.2. The molecule has 1 amide bonds. The predicted molar refractivity (Wildman–Crippen MR) is 86.2 cm³/mol. The summed E-state index contributed by atoms with van der Waals surface area (Å²) < 4.78 is 5.35. The smallest absolute Gasteiger partial charge is 0.263 e. The Bertz CT molecular complexity index is 563. The molecule has 2 heterocycles. The van der Waals surface area contributed by atoms with E-state index in [-0.39, 0.29) is 12.5 Å². The van der Waals surface area contributed by atoms with Gasteiger partial charge < -0.3 is 10.1 Å². The Labute approximate surface area is 126 Å². The number of hydrogen-bond donors (Lipinski definition) is 1. The number of ether oxygens (including phenoxy) is 1. The minimum Gasteiger partial charge on any atom is -0.480 e. The van der Waals surface area contributed by atoms with E-state index in [0.717, 1.165) is 17.7 Å². The van der Waals surface area contributed by atoms with E-state index in [1.54, 1.807) is 13.2 Å². The molecule has 0 fully saturated rings.